The summed E-state index contributed by atoms with van der Waals surface area (Å²) < 4.78 is 0. The number of halogens is 1. The number of anilines is 1. The summed E-state index contributed by atoms with van der Waals surface area (Å²) in [5, 5.41) is 4.28. The van der Waals surface area contributed by atoms with E-state index in [9.17, 15) is 4.79 Å². The Labute approximate surface area is 173 Å². The summed E-state index contributed by atoms with van der Waals surface area (Å²) in [4.78, 5) is 25.0. The molecule has 1 aromatic carbocycles. The van der Waals surface area contributed by atoms with Crippen LogP contribution in [0.15, 0.2) is 48.7 Å². The van der Waals surface area contributed by atoms with Crippen LogP contribution in [0.2, 0.25) is 5.02 Å². The molecular weight excluding hydrogens is 392 g/mol. The lowest BCUT2D eigenvalue weighted by atomic mass is 10.1. The van der Waals surface area contributed by atoms with E-state index in [-0.39, 0.29) is 11.9 Å². The zero-order valence-corrected chi connectivity index (χ0v) is 17.1. The second-order valence-electron chi connectivity index (χ2n) is 6.86. The molecule has 1 unspecified atom stereocenters. The minimum atomic E-state index is -0.0424. The lowest BCUT2D eigenvalue weighted by Crippen LogP contribution is -2.33. The Hall–Kier alpha value is -2.28. The molecule has 1 N–H and O–H groups in total. The average Bonchev–Trinajstić information content (AvgIpc) is 3.29. The van der Waals surface area contributed by atoms with E-state index in [1.807, 2.05) is 55.6 Å². The Morgan fingerprint density at radius 2 is 2.11 bits per heavy atom. The fourth-order valence-electron chi connectivity index (χ4n) is 3.59. The summed E-state index contributed by atoms with van der Waals surface area (Å²) in [6.45, 7) is 3.26. The number of pyridine rings is 1. The van der Waals surface area contributed by atoms with Crippen molar-refractivity contribution in [3.63, 3.8) is 0 Å². The third kappa shape index (κ3) is 4.24. The average molecular weight is 413 g/mol. The monoisotopic (exact) mass is 412 g/mol. The number of benzene rings is 1. The fourth-order valence-corrected chi connectivity index (χ4v) is 4.57. The molecule has 5 nitrogen and oxygen atoms in total. The van der Waals surface area contributed by atoms with Crippen LogP contribution in [0.4, 0.5) is 5.13 Å². The molecule has 0 bridgehead atoms. The summed E-state index contributed by atoms with van der Waals surface area (Å²) in [6.07, 6.45) is 3.91. The number of aromatic nitrogens is 2. The number of nitrogens with one attached hydrogen (secondary N) is 1. The first kappa shape index (κ1) is 19.1. The number of thiazole rings is 1. The SMILES string of the molecule is Cc1sc(NC(=O)CN2CCCC2c2ccccn2)nc1-c1ccc(Cl)cc1. The van der Waals surface area contributed by atoms with E-state index in [4.69, 9.17) is 11.6 Å². The van der Waals surface area contributed by atoms with E-state index in [1.165, 1.54) is 11.3 Å². The van der Waals surface area contributed by atoms with Crippen LogP contribution in [0, 0.1) is 6.92 Å². The van der Waals surface area contributed by atoms with Gasteiger partial charge in [-0.1, -0.05) is 29.8 Å². The number of nitrogens with zero attached hydrogens (tertiary/aromatic N) is 3. The standard InChI is InChI=1S/C21H21ClN4OS/c1-14-20(15-7-9-16(22)10-8-15)25-21(28-14)24-19(27)13-26-12-4-6-18(26)17-5-2-3-11-23-17/h2-3,5,7-11,18H,4,6,12-13H2,1H3,(H,24,25,27). The second kappa shape index (κ2) is 8.39. The number of carbonyl (C=O) groups excluding carboxylic acids is 1. The van der Waals surface area contributed by atoms with Gasteiger partial charge >= 0.3 is 0 Å². The Bertz CT molecular complexity index is 958. The molecule has 28 heavy (non-hydrogen) atoms. The quantitative estimate of drug-likeness (QED) is 0.644. The zero-order valence-electron chi connectivity index (χ0n) is 15.6. The Morgan fingerprint density at radius 1 is 1.29 bits per heavy atom. The van der Waals surface area contributed by atoms with Crippen molar-refractivity contribution < 1.29 is 4.79 Å². The lowest BCUT2D eigenvalue weighted by Gasteiger charge is -2.23. The summed E-state index contributed by atoms with van der Waals surface area (Å²) in [5.74, 6) is -0.0424. The maximum atomic E-state index is 12.6. The van der Waals surface area contributed by atoms with E-state index in [0.29, 0.717) is 16.7 Å². The Kier molecular flexibility index (Phi) is 5.71. The minimum Gasteiger partial charge on any atom is -0.301 e. The van der Waals surface area contributed by atoms with Gasteiger partial charge in [-0.2, -0.15) is 0 Å². The first-order chi connectivity index (χ1) is 13.6. The molecule has 1 atom stereocenters. The lowest BCUT2D eigenvalue weighted by molar-refractivity contribution is -0.117. The molecule has 7 heteroatoms. The van der Waals surface area contributed by atoms with Gasteiger partial charge in [-0.15, -0.1) is 11.3 Å². The summed E-state index contributed by atoms with van der Waals surface area (Å²) in [5.41, 5.74) is 2.90. The number of aryl methyl sites for hydroxylation is 1. The van der Waals surface area contributed by atoms with Crippen LogP contribution >= 0.6 is 22.9 Å². The number of likely N-dealkylation sites (tertiary alicyclic amines) is 1. The molecule has 3 aromatic rings. The van der Waals surface area contributed by atoms with Crippen LogP contribution in [0.25, 0.3) is 11.3 Å². The highest BCUT2D eigenvalue weighted by molar-refractivity contribution is 7.16. The first-order valence-corrected chi connectivity index (χ1v) is 10.5. The van der Waals surface area contributed by atoms with Gasteiger partial charge in [0.2, 0.25) is 5.91 Å². The molecule has 0 radical (unpaired) electrons. The predicted molar refractivity (Wildman–Crippen MR) is 114 cm³/mol. The minimum absolute atomic E-state index is 0.0424. The third-order valence-corrected chi connectivity index (χ3v) is 6.04. The third-order valence-electron chi connectivity index (χ3n) is 4.90. The number of hydrogen-bond donors (Lipinski definition) is 1. The van der Waals surface area contributed by atoms with Crippen LogP contribution < -0.4 is 5.32 Å². The van der Waals surface area contributed by atoms with Crippen molar-refractivity contribution in [3.05, 3.63) is 64.3 Å². The van der Waals surface area contributed by atoms with Gasteiger partial charge in [-0.3, -0.25) is 14.7 Å². The van der Waals surface area contributed by atoms with E-state index in [2.05, 4.69) is 20.2 Å². The highest BCUT2D eigenvalue weighted by Gasteiger charge is 2.28. The number of carbonyl (C=O) groups is 1. The molecule has 144 valence electrons. The van der Waals surface area contributed by atoms with Crippen molar-refractivity contribution in [2.45, 2.75) is 25.8 Å². The van der Waals surface area contributed by atoms with E-state index in [0.717, 1.165) is 41.2 Å². The molecule has 3 heterocycles. The van der Waals surface area contributed by atoms with Crippen molar-refractivity contribution in [1.29, 1.82) is 0 Å². The van der Waals surface area contributed by atoms with Gasteiger partial charge in [0.15, 0.2) is 5.13 Å². The van der Waals surface area contributed by atoms with E-state index >= 15 is 0 Å². The van der Waals surface area contributed by atoms with Crippen molar-refractivity contribution >= 4 is 34.0 Å². The van der Waals surface area contributed by atoms with Gasteiger partial charge in [0.25, 0.3) is 0 Å². The summed E-state index contributed by atoms with van der Waals surface area (Å²) in [6, 6.07) is 13.7. The van der Waals surface area contributed by atoms with Crippen LogP contribution in [0.3, 0.4) is 0 Å². The van der Waals surface area contributed by atoms with Gasteiger partial charge in [-0.25, -0.2) is 4.98 Å². The number of rotatable bonds is 5. The molecule has 1 aliphatic rings. The van der Waals surface area contributed by atoms with Crippen molar-refractivity contribution in [2.75, 3.05) is 18.4 Å². The molecule has 1 amide bonds. The van der Waals surface area contributed by atoms with Gasteiger partial charge in [0, 0.05) is 21.7 Å². The van der Waals surface area contributed by atoms with Crippen LogP contribution in [0.5, 0.6) is 0 Å². The highest BCUT2D eigenvalue weighted by atomic mass is 35.5. The molecule has 1 aliphatic heterocycles. The molecular formula is C21H21ClN4OS. The first-order valence-electron chi connectivity index (χ1n) is 9.28. The molecule has 2 aromatic heterocycles. The van der Waals surface area contributed by atoms with Crippen molar-refractivity contribution in [3.8, 4) is 11.3 Å². The molecule has 4 rings (SSSR count). The normalized spacial score (nSPS) is 17.0. The topological polar surface area (TPSA) is 58.1 Å². The zero-order chi connectivity index (χ0) is 19.5. The van der Waals surface area contributed by atoms with Crippen LogP contribution in [0.1, 0.15) is 29.5 Å². The largest absolute Gasteiger partial charge is 0.301 e. The Morgan fingerprint density at radius 3 is 2.86 bits per heavy atom. The molecule has 0 aliphatic carbocycles. The summed E-state index contributed by atoms with van der Waals surface area (Å²) in [7, 11) is 0. The molecule has 0 saturated carbocycles. The van der Waals surface area contributed by atoms with Crippen molar-refractivity contribution in [2.24, 2.45) is 0 Å². The van der Waals surface area contributed by atoms with E-state index < -0.39 is 0 Å². The number of amides is 1. The maximum absolute atomic E-state index is 12.6. The maximum Gasteiger partial charge on any atom is 0.240 e. The van der Waals surface area contributed by atoms with Gasteiger partial charge in [0.05, 0.1) is 24.0 Å². The Balaban J connectivity index is 1.43. The van der Waals surface area contributed by atoms with Crippen molar-refractivity contribution in [1.82, 2.24) is 14.9 Å². The van der Waals surface area contributed by atoms with Gasteiger partial charge in [-0.05, 0) is 50.6 Å². The van der Waals surface area contributed by atoms with Crippen LogP contribution in [-0.4, -0.2) is 33.9 Å². The van der Waals surface area contributed by atoms with E-state index in [1.54, 1.807) is 0 Å². The van der Waals surface area contributed by atoms with Gasteiger partial charge < -0.3 is 5.32 Å². The smallest absolute Gasteiger partial charge is 0.240 e. The highest BCUT2D eigenvalue weighted by Crippen LogP contribution is 2.32. The summed E-state index contributed by atoms with van der Waals surface area (Å²) >= 11 is 7.46. The second-order valence-corrected chi connectivity index (χ2v) is 8.50. The number of hydrogen-bond acceptors (Lipinski definition) is 5. The molecule has 1 fully saturated rings. The van der Waals surface area contributed by atoms with Gasteiger partial charge in [0.1, 0.15) is 0 Å². The predicted octanol–water partition coefficient (Wildman–Crippen LogP) is 4.94. The van der Waals surface area contributed by atoms with Crippen LogP contribution in [-0.2, 0) is 4.79 Å². The molecule has 0 spiro atoms. The fraction of sp³-hybridized carbons (Fsp3) is 0.286. The molecule has 1 saturated heterocycles.